The average Bonchev–Trinajstić information content (AvgIpc) is 1.79. The first-order chi connectivity index (χ1) is 6.07. The highest BCUT2D eigenvalue weighted by Crippen LogP contribution is 2.39. The molecule has 0 aliphatic carbocycles. The molecule has 2 nitrogen and oxygen atoms in total. The van der Waals surface area contributed by atoms with E-state index in [9.17, 15) is 8.76 Å². The normalized spacial score (nSPS) is 16.0. The van der Waals surface area contributed by atoms with Crippen molar-refractivity contribution in [3.63, 3.8) is 0 Å². The summed E-state index contributed by atoms with van der Waals surface area (Å²) < 4.78 is 21.3. The summed E-state index contributed by atoms with van der Waals surface area (Å²) in [6.07, 6.45) is 0.936. The zero-order valence-electron chi connectivity index (χ0n) is 10.2. The Morgan fingerprint density at radius 3 is 1.93 bits per heavy atom. The molecule has 0 aliphatic rings. The Kier molecular flexibility index (Phi) is 4.79. The number of rotatable bonds is 5. The molecule has 0 aromatic carbocycles. The zero-order valence-corrected chi connectivity index (χ0v) is 11.0. The van der Waals surface area contributed by atoms with Crippen molar-refractivity contribution in [1.82, 2.24) is 0 Å². The van der Waals surface area contributed by atoms with E-state index >= 15 is 0 Å². The molecule has 0 rings (SSSR count). The SMILES string of the molecule is CC(C)C(C)(C)CC(C)(C)CS(=O)[O-]. The Labute approximate surface area is 90.8 Å². The molecule has 0 bridgehead atoms. The summed E-state index contributed by atoms with van der Waals surface area (Å²) in [4.78, 5) is 0. The van der Waals surface area contributed by atoms with E-state index in [4.69, 9.17) is 0 Å². The maximum Gasteiger partial charge on any atom is 0.0153 e. The summed E-state index contributed by atoms with van der Waals surface area (Å²) >= 11 is -1.93. The molecule has 0 saturated carbocycles. The minimum atomic E-state index is -1.93. The summed E-state index contributed by atoms with van der Waals surface area (Å²) in [6, 6.07) is 0. The van der Waals surface area contributed by atoms with Crippen LogP contribution in [-0.2, 0) is 11.1 Å². The lowest BCUT2D eigenvalue weighted by atomic mass is 9.70. The van der Waals surface area contributed by atoms with E-state index in [2.05, 4.69) is 27.7 Å². The Bertz CT molecular complexity index is 207. The first-order valence-electron chi connectivity index (χ1n) is 5.13. The van der Waals surface area contributed by atoms with Crippen LogP contribution >= 0.6 is 0 Å². The van der Waals surface area contributed by atoms with E-state index in [1.165, 1.54) is 0 Å². The predicted octanol–water partition coefficient (Wildman–Crippen LogP) is 2.96. The minimum absolute atomic E-state index is 0.125. The molecule has 86 valence electrons. The Balaban J connectivity index is 4.41. The molecule has 0 fully saturated rings. The number of hydrogen-bond donors (Lipinski definition) is 0. The van der Waals surface area contributed by atoms with Crippen LogP contribution in [0.15, 0.2) is 0 Å². The summed E-state index contributed by atoms with van der Waals surface area (Å²) in [5, 5.41) is 0. The van der Waals surface area contributed by atoms with Gasteiger partial charge in [0, 0.05) is 5.75 Å². The molecule has 0 aliphatic heterocycles. The molecular formula is C11H23O2S-. The Hall–Kier alpha value is 0.110. The van der Waals surface area contributed by atoms with Crippen LogP contribution in [0.1, 0.15) is 48.0 Å². The van der Waals surface area contributed by atoms with Crippen molar-refractivity contribution in [2.75, 3.05) is 5.75 Å². The molecule has 0 saturated heterocycles. The lowest BCUT2D eigenvalue weighted by Gasteiger charge is -2.38. The van der Waals surface area contributed by atoms with Gasteiger partial charge in [-0.1, -0.05) is 52.6 Å². The van der Waals surface area contributed by atoms with Gasteiger partial charge in [0.1, 0.15) is 0 Å². The smallest absolute Gasteiger partial charge is 0.0153 e. The standard InChI is InChI=1S/C11H24O2S/c1-9(2)11(5,6)7-10(3,4)8-14(12)13/h9H,7-8H2,1-6H3,(H,12,13)/p-1. The first-order valence-corrected chi connectivity index (χ1v) is 6.37. The highest BCUT2D eigenvalue weighted by atomic mass is 32.2. The van der Waals surface area contributed by atoms with Gasteiger partial charge in [0.25, 0.3) is 0 Å². The second-order valence-electron chi connectivity index (χ2n) is 5.93. The quantitative estimate of drug-likeness (QED) is 0.667. The van der Waals surface area contributed by atoms with Crippen molar-refractivity contribution >= 4 is 11.1 Å². The van der Waals surface area contributed by atoms with E-state index in [-0.39, 0.29) is 16.6 Å². The topological polar surface area (TPSA) is 40.1 Å². The Morgan fingerprint density at radius 2 is 1.64 bits per heavy atom. The largest absolute Gasteiger partial charge is 0.772 e. The average molecular weight is 219 g/mol. The maximum absolute atomic E-state index is 10.7. The second kappa shape index (κ2) is 4.75. The van der Waals surface area contributed by atoms with Crippen molar-refractivity contribution in [3.8, 4) is 0 Å². The molecule has 1 atom stereocenters. The first kappa shape index (κ1) is 14.1. The van der Waals surface area contributed by atoms with Gasteiger partial charge in [0.05, 0.1) is 0 Å². The van der Waals surface area contributed by atoms with Crippen molar-refractivity contribution in [2.45, 2.75) is 48.0 Å². The molecule has 0 spiro atoms. The van der Waals surface area contributed by atoms with Crippen molar-refractivity contribution in [1.29, 1.82) is 0 Å². The maximum atomic E-state index is 10.7. The summed E-state index contributed by atoms with van der Waals surface area (Å²) in [6.45, 7) is 12.8. The van der Waals surface area contributed by atoms with Gasteiger partial charge in [0.15, 0.2) is 0 Å². The fourth-order valence-corrected chi connectivity index (χ4v) is 2.55. The molecule has 0 N–H and O–H groups in total. The molecular weight excluding hydrogens is 196 g/mol. The fraction of sp³-hybridized carbons (Fsp3) is 1.00. The summed E-state index contributed by atoms with van der Waals surface area (Å²) in [7, 11) is 0. The number of hydrogen-bond acceptors (Lipinski definition) is 2. The van der Waals surface area contributed by atoms with E-state index in [1.807, 2.05) is 13.8 Å². The third-order valence-electron chi connectivity index (χ3n) is 3.01. The van der Waals surface area contributed by atoms with Gasteiger partial charge in [-0.15, -0.1) is 0 Å². The van der Waals surface area contributed by atoms with Gasteiger partial charge in [-0.05, 0) is 23.2 Å². The van der Waals surface area contributed by atoms with Crippen molar-refractivity contribution in [3.05, 3.63) is 0 Å². The van der Waals surface area contributed by atoms with Crippen molar-refractivity contribution < 1.29 is 8.76 Å². The van der Waals surface area contributed by atoms with Crippen molar-refractivity contribution in [2.24, 2.45) is 16.7 Å². The zero-order chi connectivity index (χ0) is 11.6. The van der Waals surface area contributed by atoms with Gasteiger partial charge >= 0.3 is 0 Å². The third kappa shape index (κ3) is 5.11. The molecule has 3 heteroatoms. The van der Waals surface area contributed by atoms with Crippen LogP contribution in [-0.4, -0.2) is 14.5 Å². The van der Waals surface area contributed by atoms with Gasteiger partial charge in [-0.2, -0.15) is 0 Å². The fourth-order valence-electron chi connectivity index (χ4n) is 1.81. The van der Waals surface area contributed by atoms with E-state index in [1.54, 1.807) is 0 Å². The summed E-state index contributed by atoms with van der Waals surface area (Å²) in [5.74, 6) is 0.824. The minimum Gasteiger partial charge on any atom is -0.772 e. The van der Waals surface area contributed by atoms with Crippen LogP contribution in [0.3, 0.4) is 0 Å². The van der Waals surface area contributed by atoms with E-state index in [0.717, 1.165) is 6.42 Å². The molecule has 0 aromatic rings. The Morgan fingerprint density at radius 1 is 1.21 bits per heavy atom. The lowest BCUT2D eigenvalue weighted by molar-refractivity contribution is 0.153. The van der Waals surface area contributed by atoms with E-state index < -0.39 is 11.1 Å². The lowest BCUT2D eigenvalue weighted by Crippen LogP contribution is -2.31. The molecule has 0 radical (unpaired) electrons. The highest BCUT2D eigenvalue weighted by Gasteiger charge is 2.31. The second-order valence-corrected chi connectivity index (χ2v) is 6.83. The molecule has 1 unspecified atom stereocenters. The van der Waals surface area contributed by atoms with Crippen LogP contribution in [0.5, 0.6) is 0 Å². The van der Waals surface area contributed by atoms with Gasteiger partial charge < -0.3 is 4.55 Å². The molecule has 0 aromatic heterocycles. The third-order valence-corrected chi connectivity index (χ3v) is 4.02. The summed E-state index contributed by atoms with van der Waals surface area (Å²) in [5.41, 5.74) is 0.0727. The highest BCUT2D eigenvalue weighted by molar-refractivity contribution is 7.79. The molecule has 0 heterocycles. The van der Waals surface area contributed by atoms with E-state index in [0.29, 0.717) is 5.92 Å². The van der Waals surface area contributed by atoms with Crippen LogP contribution in [0, 0.1) is 16.7 Å². The van der Waals surface area contributed by atoms with Crippen LogP contribution in [0.4, 0.5) is 0 Å². The molecule has 0 amide bonds. The van der Waals surface area contributed by atoms with Crippen LogP contribution < -0.4 is 0 Å². The van der Waals surface area contributed by atoms with Crippen LogP contribution in [0.2, 0.25) is 0 Å². The van der Waals surface area contributed by atoms with Gasteiger partial charge in [-0.25, -0.2) is 0 Å². The van der Waals surface area contributed by atoms with Gasteiger partial charge in [-0.3, -0.25) is 4.21 Å². The van der Waals surface area contributed by atoms with Gasteiger partial charge in [0.2, 0.25) is 0 Å². The predicted molar refractivity (Wildman–Crippen MR) is 60.8 cm³/mol. The monoisotopic (exact) mass is 219 g/mol. The van der Waals surface area contributed by atoms with Crippen LogP contribution in [0.25, 0.3) is 0 Å². The molecule has 14 heavy (non-hydrogen) atoms.